The van der Waals surface area contributed by atoms with E-state index >= 15 is 0 Å². The number of carbonyl (C=O) groups excluding carboxylic acids is 1. The van der Waals surface area contributed by atoms with E-state index < -0.39 is 29.3 Å². The number of halogens is 5. The maximum Gasteiger partial charge on any atom is 0.434 e. The van der Waals surface area contributed by atoms with Gasteiger partial charge in [-0.2, -0.15) is 32.9 Å². The van der Waals surface area contributed by atoms with E-state index in [9.17, 15) is 22.4 Å². The number of hydrogen-bond donors (Lipinski definition) is 1. The molecule has 1 N–H and O–H groups in total. The summed E-state index contributed by atoms with van der Waals surface area (Å²) in [5.41, 5.74) is -2.23. The molecule has 5 aromatic rings. The summed E-state index contributed by atoms with van der Waals surface area (Å²) in [6.45, 7) is 0. The lowest BCUT2D eigenvalue weighted by molar-refractivity contribution is -0.143. The summed E-state index contributed by atoms with van der Waals surface area (Å²) < 4.78 is 56.9. The Bertz CT molecular complexity index is 1570. The number of aromatic nitrogens is 7. The summed E-state index contributed by atoms with van der Waals surface area (Å²) in [6.07, 6.45) is 0.718. The minimum Gasteiger partial charge on any atom is -0.320 e. The minimum atomic E-state index is -4.98. The number of benzene rings is 1. The standard InChI is InChI=1S/C21H11ClF4N8O/c22-15-7-11(8-28-19(15)34-29-5-6-30-34)32-20(35)14-9-31-33(17(14)21(24,25)26)16-10-27-18(23)13-4-2-1-3-12(13)16/h1-10H,(H,32,35). The van der Waals surface area contributed by atoms with Crippen molar-refractivity contribution in [2.75, 3.05) is 5.32 Å². The zero-order valence-corrected chi connectivity index (χ0v) is 18.0. The van der Waals surface area contributed by atoms with Gasteiger partial charge in [0.25, 0.3) is 5.91 Å². The molecule has 9 nitrogen and oxygen atoms in total. The third-order valence-corrected chi connectivity index (χ3v) is 5.20. The van der Waals surface area contributed by atoms with Gasteiger partial charge < -0.3 is 5.32 Å². The Kier molecular flexibility index (Phi) is 5.40. The highest BCUT2D eigenvalue weighted by Crippen LogP contribution is 2.35. The average molecular weight is 503 g/mol. The van der Waals surface area contributed by atoms with E-state index in [4.69, 9.17) is 11.6 Å². The highest BCUT2D eigenvalue weighted by molar-refractivity contribution is 6.32. The summed E-state index contributed by atoms with van der Waals surface area (Å²) in [6, 6.07) is 7.16. The third-order valence-electron chi connectivity index (χ3n) is 4.92. The van der Waals surface area contributed by atoms with E-state index in [1.165, 1.54) is 48.9 Å². The van der Waals surface area contributed by atoms with Crippen molar-refractivity contribution < 1.29 is 22.4 Å². The van der Waals surface area contributed by atoms with E-state index in [0.29, 0.717) is 4.68 Å². The molecule has 4 heterocycles. The average Bonchev–Trinajstić information content (AvgIpc) is 3.50. The van der Waals surface area contributed by atoms with Gasteiger partial charge >= 0.3 is 6.18 Å². The Balaban J connectivity index is 1.54. The van der Waals surface area contributed by atoms with Crippen molar-refractivity contribution in [3.8, 4) is 11.5 Å². The van der Waals surface area contributed by atoms with Gasteiger partial charge in [-0.05, 0) is 12.1 Å². The molecular formula is C21H11ClF4N8O. The van der Waals surface area contributed by atoms with Crippen LogP contribution in [-0.4, -0.2) is 40.6 Å². The fraction of sp³-hybridized carbons (Fsp3) is 0.0476. The molecule has 0 fully saturated rings. The number of hydrogen-bond acceptors (Lipinski definition) is 6. The number of amides is 1. The van der Waals surface area contributed by atoms with E-state index in [1.54, 1.807) is 0 Å². The second kappa shape index (κ2) is 8.43. The van der Waals surface area contributed by atoms with Crippen LogP contribution in [0.5, 0.6) is 0 Å². The molecule has 0 spiro atoms. The predicted octanol–water partition coefficient (Wildman–Crippen LogP) is 4.46. The van der Waals surface area contributed by atoms with Gasteiger partial charge in [0.1, 0.15) is 0 Å². The van der Waals surface area contributed by atoms with Gasteiger partial charge in [-0.15, -0.1) is 4.80 Å². The molecule has 0 bridgehead atoms. The normalized spacial score (nSPS) is 11.7. The predicted molar refractivity (Wildman–Crippen MR) is 116 cm³/mol. The van der Waals surface area contributed by atoms with Crippen molar-refractivity contribution >= 4 is 34.0 Å². The van der Waals surface area contributed by atoms with Gasteiger partial charge in [-0.1, -0.05) is 29.8 Å². The van der Waals surface area contributed by atoms with E-state index in [0.717, 1.165) is 17.2 Å². The van der Waals surface area contributed by atoms with Crippen molar-refractivity contribution in [2.45, 2.75) is 6.18 Å². The second-order valence-electron chi connectivity index (χ2n) is 7.10. The van der Waals surface area contributed by atoms with Crippen molar-refractivity contribution in [1.29, 1.82) is 0 Å². The number of nitrogens with zero attached hydrogens (tertiary/aromatic N) is 7. The smallest absolute Gasteiger partial charge is 0.320 e. The van der Waals surface area contributed by atoms with Crippen molar-refractivity contribution in [2.24, 2.45) is 0 Å². The Labute approximate surface area is 198 Å². The van der Waals surface area contributed by atoms with Crippen molar-refractivity contribution in [3.63, 3.8) is 0 Å². The molecule has 0 aliphatic rings. The lowest BCUT2D eigenvalue weighted by Gasteiger charge is -2.14. The molecule has 1 amide bonds. The third kappa shape index (κ3) is 4.05. The van der Waals surface area contributed by atoms with Crippen LogP contribution in [0, 0.1) is 5.95 Å². The van der Waals surface area contributed by atoms with Crippen LogP contribution in [0.15, 0.2) is 61.3 Å². The van der Waals surface area contributed by atoms with Crippen LogP contribution in [-0.2, 0) is 6.18 Å². The molecule has 0 radical (unpaired) electrons. The first-order valence-electron chi connectivity index (χ1n) is 9.76. The van der Waals surface area contributed by atoms with Crippen LogP contribution in [0.4, 0.5) is 23.2 Å². The summed E-state index contributed by atoms with van der Waals surface area (Å²) in [5, 5.41) is 14.1. The maximum absolute atomic E-state index is 14.1. The molecule has 5 rings (SSSR count). The molecule has 4 aromatic heterocycles. The van der Waals surface area contributed by atoms with Crippen LogP contribution in [0.2, 0.25) is 5.02 Å². The zero-order chi connectivity index (χ0) is 24.7. The van der Waals surface area contributed by atoms with Gasteiger partial charge in [0.05, 0.1) is 52.9 Å². The highest BCUT2D eigenvalue weighted by atomic mass is 35.5. The maximum atomic E-state index is 14.1. The Hall–Kier alpha value is -4.39. The van der Waals surface area contributed by atoms with E-state index in [2.05, 4.69) is 30.6 Å². The number of nitrogens with one attached hydrogen (secondary N) is 1. The number of rotatable bonds is 4. The molecule has 0 aliphatic carbocycles. The molecule has 0 saturated heterocycles. The number of fused-ring (bicyclic) bond motifs is 1. The number of carbonyl (C=O) groups is 1. The molecule has 35 heavy (non-hydrogen) atoms. The van der Waals surface area contributed by atoms with Crippen LogP contribution in [0.1, 0.15) is 16.1 Å². The first kappa shape index (κ1) is 22.4. The largest absolute Gasteiger partial charge is 0.434 e. The first-order valence-corrected chi connectivity index (χ1v) is 10.1. The summed E-state index contributed by atoms with van der Waals surface area (Å²) >= 11 is 6.16. The molecule has 0 saturated carbocycles. The van der Waals surface area contributed by atoms with Gasteiger partial charge in [-0.3, -0.25) is 4.79 Å². The van der Waals surface area contributed by atoms with Crippen LogP contribution < -0.4 is 5.32 Å². The summed E-state index contributed by atoms with van der Waals surface area (Å²) in [4.78, 5) is 21.5. The summed E-state index contributed by atoms with van der Waals surface area (Å²) in [5.74, 6) is -1.79. The van der Waals surface area contributed by atoms with Gasteiger partial charge in [0.15, 0.2) is 11.5 Å². The Morgan fingerprint density at radius 1 is 0.971 bits per heavy atom. The van der Waals surface area contributed by atoms with Gasteiger partial charge in [0.2, 0.25) is 5.95 Å². The zero-order valence-electron chi connectivity index (χ0n) is 17.2. The lowest BCUT2D eigenvalue weighted by atomic mass is 10.1. The monoisotopic (exact) mass is 502 g/mol. The van der Waals surface area contributed by atoms with Crippen molar-refractivity contribution in [3.05, 3.63) is 83.5 Å². The molecule has 176 valence electrons. The topological polar surface area (TPSA) is 103 Å². The second-order valence-corrected chi connectivity index (χ2v) is 7.51. The molecule has 1 aromatic carbocycles. The van der Waals surface area contributed by atoms with Crippen molar-refractivity contribution in [1.82, 2.24) is 34.7 Å². The van der Waals surface area contributed by atoms with Crippen LogP contribution in [0.3, 0.4) is 0 Å². The number of pyridine rings is 2. The first-order chi connectivity index (χ1) is 16.7. The van der Waals surface area contributed by atoms with Crippen LogP contribution >= 0.6 is 11.6 Å². The Morgan fingerprint density at radius 3 is 2.37 bits per heavy atom. The van der Waals surface area contributed by atoms with Gasteiger partial charge in [0, 0.05) is 10.8 Å². The molecule has 0 aliphatic heterocycles. The fourth-order valence-electron chi connectivity index (χ4n) is 3.45. The number of anilines is 1. The molecule has 0 unspecified atom stereocenters. The quantitative estimate of drug-likeness (QED) is 0.287. The fourth-order valence-corrected chi connectivity index (χ4v) is 3.69. The summed E-state index contributed by atoms with van der Waals surface area (Å²) in [7, 11) is 0. The minimum absolute atomic E-state index is 0.00658. The van der Waals surface area contributed by atoms with Gasteiger partial charge in [-0.25, -0.2) is 14.6 Å². The van der Waals surface area contributed by atoms with E-state index in [1.807, 2.05) is 0 Å². The Morgan fingerprint density at radius 2 is 1.69 bits per heavy atom. The number of alkyl halides is 3. The molecular weight excluding hydrogens is 492 g/mol. The molecule has 0 atom stereocenters. The SMILES string of the molecule is O=C(Nc1cnc(-n2nccn2)c(Cl)c1)c1cnn(-c2cnc(F)c3ccccc23)c1C(F)(F)F. The van der Waals surface area contributed by atoms with Crippen LogP contribution in [0.25, 0.3) is 22.3 Å². The molecule has 14 heteroatoms. The van der Waals surface area contributed by atoms with E-state index in [-0.39, 0.29) is 33.0 Å². The lowest BCUT2D eigenvalue weighted by Crippen LogP contribution is -2.21. The highest BCUT2D eigenvalue weighted by Gasteiger charge is 2.41.